The maximum absolute atomic E-state index is 12.8. The SMILES string of the molecule is O=C(c1ccc2c(c1)CCC2)c1c[nH]c2ccc(Cl)cc12. The Kier molecular flexibility index (Phi) is 2.86. The van der Waals surface area contributed by atoms with Gasteiger partial charge in [-0.2, -0.15) is 0 Å². The molecule has 1 aromatic heterocycles. The number of aromatic nitrogens is 1. The summed E-state index contributed by atoms with van der Waals surface area (Å²) >= 11 is 6.05. The second-order valence-corrected chi connectivity index (χ2v) is 5.99. The maximum atomic E-state index is 12.8. The lowest BCUT2D eigenvalue weighted by Gasteiger charge is -2.04. The van der Waals surface area contributed by atoms with Crippen molar-refractivity contribution in [2.75, 3.05) is 0 Å². The number of hydrogen-bond acceptors (Lipinski definition) is 1. The van der Waals surface area contributed by atoms with Gasteiger partial charge in [-0.25, -0.2) is 0 Å². The molecule has 0 unspecified atom stereocenters. The van der Waals surface area contributed by atoms with Gasteiger partial charge in [-0.3, -0.25) is 4.79 Å². The minimum Gasteiger partial charge on any atom is -0.360 e. The van der Waals surface area contributed by atoms with Crippen molar-refractivity contribution in [1.29, 1.82) is 0 Å². The molecule has 2 aromatic carbocycles. The number of aryl methyl sites for hydroxylation is 2. The smallest absolute Gasteiger partial charge is 0.195 e. The van der Waals surface area contributed by atoms with Crippen LogP contribution in [0.1, 0.15) is 33.5 Å². The maximum Gasteiger partial charge on any atom is 0.195 e. The van der Waals surface area contributed by atoms with E-state index in [0.29, 0.717) is 10.6 Å². The molecular formula is C18H14ClNO. The summed E-state index contributed by atoms with van der Waals surface area (Å²) < 4.78 is 0. The highest BCUT2D eigenvalue weighted by molar-refractivity contribution is 6.31. The summed E-state index contributed by atoms with van der Waals surface area (Å²) in [6.07, 6.45) is 5.18. The van der Waals surface area contributed by atoms with E-state index in [1.807, 2.05) is 30.3 Å². The Hall–Kier alpha value is -2.06. The molecule has 0 bridgehead atoms. The minimum absolute atomic E-state index is 0.0539. The summed E-state index contributed by atoms with van der Waals surface area (Å²) in [6.45, 7) is 0. The van der Waals surface area contributed by atoms with Crippen LogP contribution in [-0.2, 0) is 12.8 Å². The van der Waals surface area contributed by atoms with Gasteiger partial charge in [0, 0.05) is 33.2 Å². The monoisotopic (exact) mass is 295 g/mol. The molecule has 3 aromatic rings. The van der Waals surface area contributed by atoms with Gasteiger partial charge in [-0.1, -0.05) is 23.7 Å². The van der Waals surface area contributed by atoms with E-state index in [2.05, 4.69) is 11.1 Å². The summed E-state index contributed by atoms with van der Waals surface area (Å²) in [5.74, 6) is 0.0539. The first-order chi connectivity index (χ1) is 10.2. The predicted molar refractivity (Wildman–Crippen MR) is 85.2 cm³/mol. The molecule has 0 aliphatic heterocycles. The van der Waals surface area contributed by atoms with Gasteiger partial charge in [0.05, 0.1) is 0 Å². The fraction of sp³-hybridized carbons (Fsp3) is 0.167. The van der Waals surface area contributed by atoms with Crippen molar-refractivity contribution in [3.63, 3.8) is 0 Å². The number of H-pyrrole nitrogens is 1. The number of rotatable bonds is 2. The molecule has 4 rings (SSSR count). The fourth-order valence-corrected chi connectivity index (χ4v) is 3.32. The van der Waals surface area contributed by atoms with Crippen LogP contribution >= 0.6 is 11.6 Å². The lowest BCUT2D eigenvalue weighted by molar-refractivity contribution is 0.104. The normalized spacial score (nSPS) is 13.6. The van der Waals surface area contributed by atoms with E-state index in [1.165, 1.54) is 17.5 Å². The molecule has 2 nitrogen and oxygen atoms in total. The predicted octanol–water partition coefficient (Wildman–Crippen LogP) is 4.54. The van der Waals surface area contributed by atoms with E-state index in [0.717, 1.165) is 29.3 Å². The average Bonchev–Trinajstić information content (AvgIpc) is 3.11. The number of ketones is 1. The first-order valence-electron chi connectivity index (χ1n) is 7.15. The number of halogens is 1. The van der Waals surface area contributed by atoms with Gasteiger partial charge in [0.15, 0.2) is 5.78 Å². The summed E-state index contributed by atoms with van der Waals surface area (Å²) in [5, 5.41) is 1.53. The van der Waals surface area contributed by atoms with Crippen molar-refractivity contribution in [1.82, 2.24) is 4.98 Å². The van der Waals surface area contributed by atoms with Gasteiger partial charge in [0.2, 0.25) is 0 Å². The molecule has 1 heterocycles. The molecule has 1 N–H and O–H groups in total. The number of aromatic amines is 1. The van der Waals surface area contributed by atoms with E-state index < -0.39 is 0 Å². The Morgan fingerprint density at radius 3 is 2.81 bits per heavy atom. The third-order valence-corrected chi connectivity index (χ3v) is 4.48. The zero-order valence-electron chi connectivity index (χ0n) is 11.4. The van der Waals surface area contributed by atoms with Crippen LogP contribution in [0.5, 0.6) is 0 Å². The highest BCUT2D eigenvalue weighted by atomic mass is 35.5. The minimum atomic E-state index is 0.0539. The average molecular weight is 296 g/mol. The zero-order valence-corrected chi connectivity index (χ0v) is 12.2. The van der Waals surface area contributed by atoms with Crippen molar-refractivity contribution >= 4 is 28.3 Å². The van der Waals surface area contributed by atoms with Gasteiger partial charge >= 0.3 is 0 Å². The number of benzene rings is 2. The Morgan fingerprint density at radius 1 is 1.05 bits per heavy atom. The second-order valence-electron chi connectivity index (χ2n) is 5.56. The van der Waals surface area contributed by atoms with E-state index in [9.17, 15) is 4.79 Å². The largest absolute Gasteiger partial charge is 0.360 e. The third-order valence-electron chi connectivity index (χ3n) is 4.25. The van der Waals surface area contributed by atoms with Gasteiger partial charge < -0.3 is 4.98 Å². The number of nitrogens with one attached hydrogen (secondary N) is 1. The summed E-state index contributed by atoms with van der Waals surface area (Å²) in [6, 6.07) is 11.6. The standard InChI is InChI=1S/C18H14ClNO/c19-14-6-7-17-15(9-14)16(10-20-17)18(21)13-5-4-11-2-1-3-12(11)8-13/h4-10,20H,1-3H2. The quantitative estimate of drug-likeness (QED) is 0.692. The zero-order chi connectivity index (χ0) is 14.4. The lowest BCUT2D eigenvalue weighted by atomic mass is 9.99. The van der Waals surface area contributed by atoms with E-state index in [4.69, 9.17) is 11.6 Å². The first kappa shape index (κ1) is 12.7. The molecule has 0 fully saturated rings. The molecule has 0 saturated carbocycles. The Labute approximate surface area is 127 Å². The number of carbonyl (C=O) groups excluding carboxylic acids is 1. The highest BCUT2D eigenvalue weighted by Gasteiger charge is 2.17. The molecule has 1 aliphatic carbocycles. The number of fused-ring (bicyclic) bond motifs is 2. The fourth-order valence-electron chi connectivity index (χ4n) is 3.15. The summed E-state index contributed by atoms with van der Waals surface area (Å²) in [4.78, 5) is 15.9. The van der Waals surface area contributed by atoms with Crippen LogP contribution in [0.3, 0.4) is 0 Å². The molecule has 0 amide bonds. The lowest BCUT2D eigenvalue weighted by Crippen LogP contribution is -2.01. The first-order valence-corrected chi connectivity index (χ1v) is 7.53. The van der Waals surface area contributed by atoms with Gasteiger partial charge in [0.25, 0.3) is 0 Å². The second kappa shape index (κ2) is 4.74. The van der Waals surface area contributed by atoms with Crippen LogP contribution < -0.4 is 0 Å². The number of hydrogen-bond donors (Lipinski definition) is 1. The van der Waals surface area contributed by atoms with Crippen LogP contribution in [0.4, 0.5) is 0 Å². The summed E-state index contributed by atoms with van der Waals surface area (Å²) in [5.41, 5.74) is 5.08. The van der Waals surface area contributed by atoms with Crippen molar-refractivity contribution in [3.8, 4) is 0 Å². The van der Waals surface area contributed by atoms with Crippen LogP contribution in [0.15, 0.2) is 42.6 Å². The molecule has 0 atom stereocenters. The number of carbonyl (C=O) groups is 1. The third kappa shape index (κ3) is 2.07. The molecule has 1 aliphatic rings. The Morgan fingerprint density at radius 2 is 1.90 bits per heavy atom. The Bertz CT molecular complexity index is 863. The van der Waals surface area contributed by atoms with Gasteiger partial charge in [0.1, 0.15) is 0 Å². The molecule has 0 radical (unpaired) electrons. The van der Waals surface area contributed by atoms with Crippen molar-refractivity contribution < 1.29 is 4.79 Å². The molecule has 0 spiro atoms. The van der Waals surface area contributed by atoms with Crippen LogP contribution in [0, 0.1) is 0 Å². The highest BCUT2D eigenvalue weighted by Crippen LogP contribution is 2.27. The molecular weight excluding hydrogens is 282 g/mol. The van der Waals surface area contributed by atoms with Gasteiger partial charge in [-0.05, 0) is 54.7 Å². The van der Waals surface area contributed by atoms with E-state index in [1.54, 1.807) is 6.20 Å². The van der Waals surface area contributed by atoms with Crippen molar-refractivity contribution in [3.05, 3.63) is 69.9 Å². The van der Waals surface area contributed by atoms with Crippen LogP contribution in [0.2, 0.25) is 5.02 Å². The van der Waals surface area contributed by atoms with Crippen LogP contribution in [0.25, 0.3) is 10.9 Å². The molecule has 0 saturated heterocycles. The van der Waals surface area contributed by atoms with E-state index >= 15 is 0 Å². The van der Waals surface area contributed by atoms with Gasteiger partial charge in [-0.15, -0.1) is 0 Å². The molecule has 104 valence electrons. The van der Waals surface area contributed by atoms with Crippen molar-refractivity contribution in [2.45, 2.75) is 19.3 Å². The Balaban J connectivity index is 1.81. The van der Waals surface area contributed by atoms with Crippen LogP contribution in [-0.4, -0.2) is 10.8 Å². The van der Waals surface area contributed by atoms with Crippen molar-refractivity contribution in [2.24, 2.45) is 0 Å². The molecule has 3 heteroatoms. The molecule has 21 heavy (non-hydrogen) atoms. The topological polar surface area (TPSA) is 32.9 Å². The summed E-state index contributed by atoms with van der Waals surface area (Å²) in [7, 11) is 0. The van der Waals surface area contributed by atoms with E-state index in [-0.39, 0.29) is 5.78 Å².